The predicted octanol–water partition coefficient (Wildman–Crippen LogP) is 5.18. The second-order valence-corrected chi connectivity index (χ2v) is 8.16. The molecule has 1 aliphatic carbocycles. The van der Waals surface area contributed by atoms with Gasteiger partial charge in [0.05, 0.1) is 7.11 Å². The molecule has 0 heterocycles. The highest BCUT2D eigenvalue weighted by Gasteiger charge is 2.27. The Balaban J connectivity index is 1.24. The van der Waals surface area contributed by atoms with Gasteiger partial charge in [-0.3, -0.25) is 14.4 Å². The normalized spacial score (nSPS) is 11.3. The summed E-state index contributed by atoms with van der Waals surface area (Å²) >= 11 is 0. The molecular formula is C29H22N2O5. The average Bonchev–Trinajstić information content (AvgIpc) is 3.19. The van der Waals surface area contributed by atoms with Gasteiger partial charge in [-0.1, -0.05) is 48.5 Å². The molecule has 0 aromatic heterocycles. The third-order valence-electron chi connectivity index (χ3n) is 5.82. The Labute approximate surface area is 207 Å². The topological polar surface area (TPSA) is 93.7 Å². The molecule has 178 valence electrons. The van der Waals surface area contributed by atoms with Gasteiger partial charge in [-0.2, -0.15) is 0 Å². The number of fused-ring (bicyclic) bond motifs is 3. The highest BCUT2D eigenvalue weighted by atomic mass is 16.5. The molecule has 7 heteroatoms. The van der Waals surface area contributed by atoms with Gasteiger partial charge >= 0.3 is 0 Å². The van der Waals surface area contributed by atoms with E-state index in [0.717, 1.165) is 11.1 Å². The summed E-state index contributed by atoms with van der Waals surface area (Å²) in [5.41, 5.74) is 4.23. The van der Waals surface area contributed by atoms with Crippen molar-refractivity contribution in [2.24, 2.45) is 0 Å². The van der Waals surface area contributed by atoms with Crippen LogP contribution in [0, 0.1) is 0 Å². The summed E-state index contributed by atoms with van der Waals surface area (Å²) in [7, 11) is 1.53. The Morgan fingerprint density at radius 3 is 2.14 bits per heavy atom. The largest absolute Gasteiger partial charge is 0.493 e. The Morgan fingerprint density at radius 2 is 1.36 bits per heavy atom. The molecule has 0 unspecified atom stereocenters. The van der Waals surface area contributed by atoms with E-state index in [1.54, 1.807) is 66.7 Å². The lowest BCUT2D eigenvalue weighted by molar-refractivity contribution is -0.118. The Kier molecular flexibility index (Phi) is 6.19. The number of nitrogens with one attached hydrogen (secondary N) is 2. The number of benzene rings is 4. The van der Waals surface area contributed by atoms with Gasteiger partial charge in [0.15, 0.2) is 23.9 Å². The van der Waals surface area contributed by atoms with Crippen molar-refractivity contribution in [3.8, 4) is 22.6 Å². The number of ketones is 1. The molecule has 2 N–H and O–H groups in total. The van der Waals surface area contributed by atoms with Gasteiger partial charge in [0.1, 0.15) is 0 Å². The van der Waals surface area contributed by atoms with Crippen molar-refractivity contribution in [3.05, 3.63) is 108 Å². The fourth-order valence-corrected chi connectivity index (χ4v) is 4.13. The molecule has 0 radical (unpaired) electrons. The van der Waals surface area contributed by atoms with Gasteiger partial charge in [-0.05, 0) is 53.6 Å². The molecular weight excluding hydrogens is 456 g/mol. The number of hydrogen-bond acceptors (Lipinski definition) is 5. The minimum Gasteiger partial charge on any atom is -0.493 e. The number of para-hydroxylation sites is 2. The minimum absolute atomic E-state index is 0.0877. The molecule has 36 heavy (non-hydrogen) atoms. The first-order chi connectivity index (χ1) is 17.5. The smallest absolute Gasteiger partial charge is 0.262 e. The standard InChI is InChI=1S/C29H22N2O5/c1-35-25-11-4-5-12-26(25)36-17-27(32)30-19-7-6-8-20(16-19)31-29(34)18-13-14-22-21-9-2-3-10-23(21)28(33)24(22)15-18/h2-16H,17H2,1H3,(H,30,32)(H,31,34). The molecule has 0 saturated heterocycles. The molecule has 7 nitrogen and oxygen atoms in total. The van der Waals surface area contributed by atoms with Crippen molar-refractivity contribution in [1.29, 1.82) is 0 Å². The van der Waals surface area contributed by atoms with Crippen molar-refractivity contribution in [1.82, 2.24) is 0 Å². The second-order valence-electron chi connectivity index (χ2n) is 8.16. The number of hydrogen-bond donors (Lipinski definition) is 2. The molecule has 0 saturated carbocycles. The van der Waals surface area contributed by atoms with E-state index in [1.165, 1.54) is 7.11 Å². The lowest BCUT2D eigenvalue weighted by Gasteiger charge is -2.11. The first kappa shape index (κ1) is 22.9. The zero-order valence-electron chi connectivity index (χ0n) is 19.4. The number of ether oxygens (including phenoxy) is 2. The van der Waals surface area contributed by atoms with Crippen molar-refractivity contribution < 1.29 is 23.9 Å². The zero-order chi connectivity index (χ0) is 25.1. The highest BCUT2D eigenvalue weighted by Crippen LogP contribution is 2.36. The van der Waals surface area contributed by atoms with E-state index in [1.807, 2.05) is 24.3 Å². The number of methoxy groups -OCH3 is 1. The maximum atomic E-state index is 12.9. The van der Waals surface area contributed by atoms with Crippen LogP contribution in [0.4, 0.5) is 11.4 Å². The highest BCUT2D eigenvalue weighted by molar-refractivity contribution is 6.22. The van der Waals surface area contributed by atoms with Crippen LogP contribution in [0.3, 0.4) is 0 Å². The molecule has 0 atom stereocenters. The summed E-state index contributed by atoms with van der Waals surface area (Å²) in [6.07, 6.45) is 0. The third kappa shape index (κ3) is 4.54. The lowest BCUT2D eigenvalue weighted by Crippen LogP contribution is -2.20. The fraction of sp³-hybridized carbons (Fsp3) is 0.0690. The van der Waals surface area contributed by atoms with E-state index in [2.05, 4.69) is 10.6 Å². The van der Waals surface area contributed by atoms with Gasteiger partial charge in [0, 0.05) is 28.1 Å². The van der Waals surface area contributed by atoms with Gasteiger partial charge in [-0.25, -0.2) is 0 Å². The molecule has 0 bridgehead atoms. The molecule has 2 amide bonds. The van der Waals surface area contributed by atoms with E-state index in [9.17, 15) is 14.4 Å². The number of amides is 2. The maximum Gasteiger partial charge on any atom is 0.262 e. The predicted molar refractivity (Wildman–Crippen MR) is 137 cm³/mol. The minimum atomic E-state index is -0.360. The molecule has 1 aliphatic rings. The van der Waals surface area contributed by atoms with Crippen molar-refractivity contribution >= 4 is 29.0 Å². The van der Waals surface area contributed by atoms with Crippen molar-refractivity contribution in [2.45, 2.75) is 0 Å². The van der Waals surface area contributed by atoms with Gasteiger partial charge in [0.25, 0.3) is 11.8 Å². The SMILES string of the molecule is COc1ccccc1OCC(=O)Nc1cccc(NC(=O)c2ccc3c(c2)C(=O)c2ccccc2-3)c1. The van der Waals surface area contributed by atoms with Crippen LogP contribution < -0.4 is 20.1 Å². The number of anilines is 2. The number of carbonyl (C=O) groups is 3. The number of rotatable bonds is 7. The Morgan fingerprint density at radius 1 is 0.694 bits per heavy atom. The van der Waals surface area contributed by atoms with E-state index in [4.69, 9.17) is 9.47 Å². The molecule has 4 aromatic carbocycles. The molecule has 0 aliphatic heterocycles. The van der Waals surface area contributed by atoms with Crippen LogP contribution >= 0.6 is 0 Å². The number of carbonyl (C=O) groups excluding carboxylic acids is 3. The zero-order valence-corrected chi connectivity index (χ0v) is 19.4. The van der Waals surface area contributed by atoms with Gasteiger partial charge in [0.2, 0.25) is 0 Å². The van der Waals surface area contributed by atoms with Crippen LogP contribution in [0.1, 0.15) is 26.3 Å². The van der Waals surface area contributed by atoms with E-state index >= 15 is 0 Å². The molecule has 0 spiro atoms. The van der Waals surface area contributed by atoms with Crippen molar-refractivity contribution in [2.75, 3.05) is 24.4 Å². The summed E-state index contributed by atoms with van der Waals surface area (Å²) < 4.78 is 10.8. The average molecular weight is 479 g/mol. The van der Waals surface area contributed by atoms with Crippen molar-refractivity contribution in [3.63, 3.8) is 0 Å². The van der Waals surface area contributed by atoms with Crippen LogP contribution in [-0.4, -0.2) is 31.3 Å². The van der Waals surface area contributed by atoms with E-state index in [-0.39, 0.29) is 24.2 Å². The summed E-state index contributed by atoms with van der Waals surface area (Å²) in [6.45, 7) is -0.206. The summed E-state index contributed by atoms with van der Waals surface area (Å²) in [6, 6.07) is 26.4. The van der Waals surface area contributed by atoms with Crippen LogP contribution in [0.2, 0.25) is 0 Å². The van der Waals surface area contributed by atoms with Gasteiger partial charge in [-0.15, -0.1) is 0 Å². The first-order valence-electron chi connectivity index (χ1n) is 11.3. The molecule has 4 aromatic rings. The monoisotopic (exact) mass is 478 g/mol. The fourth-order valence-electron chi connectivity index (χ4n) is 4.13. The Hall–Kier alpha value is -4.91. The van der Waals surface area contributed by atoms with Crippen LogP contribution in [-0.2, 0) is 4.79 Å². The van der Waals surface area contributed by atoms with Gasteiger partial charge < -0.3 is 20.1 Å². The van der Waals surface area contributed by atoms with E-state index in [0.29, 0.717) is 39.6 Å². The van der Waals surface area contributed by atoms with E-state index < -0.39 is 0 Å². The second kappa shape index (κ2) is 9.76. The summed E-state index contributed by atoms with van der Waals surface area (Å²) in [5.74, 6) is 0.195. The third-order valence-corrected chi connectivity index (χ3v) is 5.82. The van der Waals surface area contributed by atoms with Crippen LogP contribution in [0.15, 0.2) is 91.0 Å². The Bertz CT molecular complexity index is 1490. The summed E-state index contributed by atoms with van der Waals surface area (Å²) in [4.78, 5) is 38.0. The quantitative estimate of drug-likeness (QED) is 0.336. The molecule has 5 rings (SSSR count). The first-order valence-corrected chi connectivity index (χ1v) is 11.3. The lowest BCUT2D eigenvalue weighted by atomic mass is 10.0. The molecule has 0 fully saturated rings. The van der Waals surface area contributed by atoms with Crippen LogP contribution in [0.5, 0.6) is 11.5 Å². The van der Waals surface area contributed by atoms with Crippen LogP contribution in [0.25, 0.3) is 11.1 Å². The summed E-state index contributed by atoms with van der Waals surface area (Å²) in [5, 5.41) is 5.57. The maximum absolute atomic E-state index is 12.9.